The first-order chi connectivity index (χ1) is 11.9. The van der Waals surface area contributed by atoms with E-state index < -0.39 is 17.9 Å². The molecular formula is C16H19F3N6. The molecule has 9 heteroatoms. The smallest absolute Gasteiger partial charge is 0.370 e. The summed E-state index contributed by atoms with van der Waals surface area (Å²) in [7, 11) is 0. The number of alkyl halides is 3. The first-order valence-electron chi connectivity index (χ1n) is 7.91. The summed E-state index contributed by atoms with van der Waals surface area (Å²) in [5, 5.41) is 6.18. The van der Waals surface area contributed by atoms with Crippen LogP contribution in [-0.2, 0) is 6.18 Å². The Morgan fingerprint density at radius 2 is 1.96 bits per heavy atom. The largest absolute Gasteiger partial charge is 0.416 e. The highest BCUT2D eigenvalue weighted by molar-refractivity contribution is 5.99. The molecule has 0 radical (unpaired) electrons. The molecule has 6 nitrogen and oxygen atoms in total. The molecule has 134 valence electrons. The highest BCUT2D eigenvalue weighted by Crippen LogP contribution is 2.29. The zero-order valence-corrected chi connectivity index (χ0v) is 13.4. The van der Waals surface area contributed by atoms with Gasteiger partial charge >= 0.3 is 6.18 Å². The number of nitrogens with zero attached hydrogens (tertiary/aromatic N) is 3. The number of hydrogen-bond donors (Lipinski definition) is 3. The molecule has 1 unspecified atom stereocenters. The molecule has 0 aliphatic carbocycles. The zero-order valence-electron chi connectivity index (χ0n) is 13.4. The van der Waals surface area contributed by atoms with E-state index in [4.69, 9.17) is 5.73 Å². The van der Waals surface area contributed by atoms with Crippen LogP contribution in [0.4, 0.5) is 13.2 Å². The van der Waals surface area contributed by atoms with Crippen molar-refractivity contribution < 1.29 is 13.2 Å². The molecule has 1 saturated heterocycles. The third-order valence-corrected chi connectivity index (χ3v) is 3.86. The van der Waals surface area contributed by atoms with Crippen LogP contribution in [0.25, 0.3) is 6.08 Å². The zero-order chi connectivity index (χ0) is 17.9. The van der Waals surface area contributed by atoms with Crippen molar-refractivity contribution in [2.45, 2.75) is 12.3 Å². The van der Waals surface area contributed by atoms with Gasteiger partial charge < -0.3 is 16.0 Å². The van der Waals surface area contributed by atoms with E-state index >= 15 is 0 Å². The second kappa shape index (κ2) is 7.14. The Hall–Kier alpha value is -2.55. The van der Waals surface area contributed by atoms with Crippen molar-refractivity contribution in [3.63, 3.8) is 0 Å². The molecule has 1 atom stereocenters. The molecular weight excluding hydrogens is 333 g/mol. The number of nitrogens with two attached hydrogens (primary N) is 1. The monoisotopic (exact) mass is 352 g/mol. The minimum Gasteiger partial charge on any atom is -0.370 e. The van der Waals surface area contributed by atoms with Crippen molar-refractivity contribution in [1.29, 1.82) is 0 Å². The van der Waals surface area contributed by atoms with E-state index in [1.54, 1.807) is 18.2 Å². The Kier molecular flexibility index (Phi) is 4.93. The van der Waals surface area contributed by atoms with Gasteiger partial charge in [-0.05, 0) is 23.8 Å². The highest BCUT2D eigenvalue weighted by Gasteiger charge is 2.30. The Morgan fingerprint density at radius 1 is 1.20 bits per heavy atom. The summed E-state index contributed by atoms with van der Waals surface area (Å²) < 4.78 is 38.3. The van der Waals surface area contributed by atoms with Crippen LogP contribution in [-0.4, -0.2) is 49.2 Å². The molecule has 0 bridgehead atoms. The van der Waals surface area contributed by atoms with Gasteiger partial charge in [-0.15, -0.1) is 0 Å². The third kappa shape index (κ3) is 4.50. The highest BCUT2D eigenvalue weighted by atomic mass is 19.4. The van der Waals surface area contributed by atoms with Crippen LogP contribution in [0.3, 0.4) is 0 Å². The van der Waals surface area contributed by atoms with Crippen molar-refractivity contribution in [1.82, 2.24) is 15.5 Å². The SMILES string of the molecule is NC1=NC(C=Cc2cccc(C(F)(F)F)c2)N=C(N2CCNCC2)N1. The maximum Gasteiger partial charge on any atom is 0.416 e. The van der Waals surface area contributed by atoms with Gasteiger partial charge in [0.25, 0.3) is 0 Å². The average molecular weight is 352 g/mol. The number of rotatable bonds is 2. The van der Waals surface area contributed by atoms with E-state index in [0.29, 0.717) is 11.5 Å². The van der Waals surface area contributed by atoms with Gasteiger partial charge in [0, 0.05) is 26.2 Å². The van der Waals surface area contributed by atoms with Gasteiger partial charge in [-0.3, -0.25) is 5.32 Å². The molecule has 0 amide bonds. The fourth-order valence-electron chi connectivity index (χ4n) is 2.62. The molecule has 0 spiro atoms. The number of benzene rings is 1. The molecule has 2 aliphatic rings. The van der Waals surface area contributed by atoms with Crippen LogP contribution in [0.15, 0.2) is 40.3 Å². The fraction of sp³-hybridized carbons (Fsp3) is 0.375. The summed E-state index contributed by atoms with van der Waals surface area (Å²) in [4.78, 5) is 10.7. The Bertz CT molecular complexity index is 704. The molecule has 2 aliphatic heterocycles. The summed E-state index contributed by atoms with van der Waals surface area (Å²) in [5.74, 6) is 0.870. The topological polar surface area (TPSA) is 78.0 Å². The Balaban J connectivity index is 1.75. The van der Waals surface area contributed by atoms with E-state index in [1.165, 1.54) is 6.07 Å². The number of nitrogens with one attached hydrogen (secondary N) is 2. The van der Waals surface area contributed by atoms with Crippen molar-refractivity contribution >= 4 is 18.0 Å². The summed E-state index contributed by atoms with van der Waals surface area (Å²) >= 11 is 0. The third-order valence-electron chi connectivity index (χ3n) is 3.86. The Labute approximate surface area is 143 Å². The lowest BCUT2D eigenvalue weighted by Crippen LogP contribution is -2.55. The summed E-state index contributed by atoms with van der Waals surface area (Å²) in [6.07, 6.45) is -1.73. The van der Waals surface area contributed by atoms with Gasteiger partial charge in [0.2, 0.25) is 5.96 Å². The molecule has 0 aromatic heterocycles. The number of aliphatic imine (C=N–C) groups is 2. The number of piperazine rings is 1. The molecule has 0 saturated carbocycles. The van der Waals surface area contributed by atoms with E-state index in [0.717, 1.165) is 38.3 Å². The second-order valence-corrected chi connectivity index (χ2v) is 5.73. The normalized spacial score (nSPS) is 21.7. The van der Waals surface area contributed by atoms with E-state index in [9.17, 15) is 13.2 Å². The maximum absolute atomic E-state index is 12.8. The van der Waals surface area contributed by atoms with E-state index in [2.05, 4.69) is 25.5 Å². The molecule has 1 aromatic rings. The second-order valence-electron chi connectivity index (χ2n) is 5.73. The van der Waals surface area contributed by atoms with Crippen molar-refractivity contribution in [2.75, 3.05) is 26.2 Å². The van der Waals surface area contributed by atoms with Gasteiger partial charge in [-0.25, -0.2) is 9.98 Å². The van der Waals surface area contributed by atoms with Crippen LogP contribution in [0.1, 0.15) is 11.1 Å². The predicted octanol–water partition coefficient (Wildman–Crippen LogP) is 1.22. The lowest BCUT2D eigenvalue weighted by Gasteiger charge is -2.32. The molecule has 1 fully saturated rings. The molecule has 3 rings (SSSR count). The minimum atomic E-state index is -4.37. The lowest BCUT2D eigenvalue weighted by atomic mass is 10.1. The van der Waals surface area contributed by atoms with Gasteiger partial charge in [-0.2, -0.15) is 13.2 Å². The molecule has 1 aromatic carbocycles. The quantitative estimate of drug-likeness (QED) is 0.748. The Morgan fingerprint density at radius 3 is 2.68 bits per heavy atom. The van der Waals surface area contributed by atoms with Gasteiger partial charge in [0.05, 0.1) is 5.56 Å². The first kappa shape index (κ1) is 17.3. The number of halogens is 3. The van der Waals surface area contributed by atoms with E-state index in [1.807, 2.05) is 0 Å². The molecule has 2 heterocycles. The number of hydrogen-bond acceptors (Lipinski definition) is 6. The molecule has 25 heavy (non-hydrogen) atoms. The van der Waals surface area contributed by atoms with Crippen molar-refractivity contribution in [3.8, 4) is 0 Å². The minimum absolute atomic E-state index is 0.238. The van der Waals surface area contributed by atoms with Crippen LogP contribution >= 0.6 is 0 Å². The van der Waals surface area contributed by atoms with Gasteiger partial charge in [0.15, 0.2) is 12.1 Å². The van der Waals surface area contributed by atoms with Crippen LogP contribution in [0, 0.1) is 0 Å². The summed E-state index contributed by atoms with van der Waals surface area (Å²) in [6.45, 7) is 3.29. The summed E-state index contributed by atoms with van der Waals surface area (Å²) in [5.41, 5.74) is 5.55. The van der Waals surface area contributed by atoms with Crippen LogP contribution < -0.4 is 16.4 Å². The summed E-state index contributed by atoms with van der Waals surface area (Å²) in [6, 6.07) is 5.10. The maximum atomic E-state index is 12.8. The van der Waals surface area contributed by atoms with Crippen molar-refractivity contribution in [3.05, 3.63) is 41.5 Å². The number of guanidine groups is 2. The average Bonchev–Trinajstić information content (AvgIpc) is 2.60. The van der Waals surface area contributed by atoms with Crippen LogP contribution in [0.5, 0.6) is 0 Å². The standard InChI is InChI=1S/C16H19F3N6/c17-16(18,19)12-3-1-2-11(10-12)4-5-13-22-14(20)24-15(23-13)25-8-6-21-7-9-25/h1-5,10,13,21H,6-9H2,(H3,20,22,23,24). The van der Waals surface area contributed by atoms with Gasteiger partial charge in [0.1, 0.15) is 0 Å². The predicted molar refractivity (Wildman–Crippen MR) is 90.9 cm³/mol. The van der Waals surface area contributed by atoms with Crippen molar-refractivity contribution in [2.24, 2.45) is 15.7 Å². The van der Waals surface area contributed by atoms with E-state index in [-0.39, 0.29) is 5.96 Å². The van der Waals surface area contributed by atoms with Crippen LogP contribution in [0.2, 0.25) is 0 Å². The van der Waals surface area contributed by atoms with Gasteiger partial charge in [-0.1, -0.05) is 18.2 Å². The molecule has 4 N–H and O–H groups in total. The first-order valence-corrected chi connectivity index (χ1v) is 7.91. The fourth-order valence-corrected chi connectivity index (χ4v) is 2.62. The lowest BCUT2D eigenvalue weighted by molar-refractivity contribution is -0.137.